The molecule has 0 unspecified atom stereocenters. The molecular weight excluding hydrogens is 188 g/mol. The molecule has 0 aliphatic rings. The highest BCUT2D eigenvalue weighted by atomic mass is 16.4. The van der Waals surface area contributed by atoms with Gasteiger partial charge in [-0.15, -0.1) is 0 Å². The van der Waals surface area contributed by atoms with Crippen LogP contribution in [0.2, 0.25) is 0 Å². The number of nitrogens with two attached hydrogens (primary N) is 2. The Morgan fingerprint density at radius 2 is 1.29 bits per heavy atom. The zero-order valence-electron chi connectivity index (χ0n) is 8.60. The summed E-state index contributed by atoms with van der Waals surface area (Å²) in [5.41, 5.74) is 10.00. The van der Waals surface area contributed by atoms with Gasteiger partial charge in [-0.25, -0.2) is 0 Å². The first-order chi connectivity index (χ1) is 6.20. The second kappa shape index (κ2) is 7.28. The number of hydrogen-bond acceptors (Lipinski definition) is 4. The van der Waals surface area contributed by atoms with Crippen molar-refractivity contribution >= 4 is 11.9 Å². The summed E-state index contributed by atoms with van der Waals surface area (Å²) in [6.45, 7) is 4.97. The quantitative estimate of drug-likeness (QED) is 0.491. The molecule has 14 heavy (non-hydrogen) atoms. The minimum Gasteiger partial charge on any atom is -0.480 e. The molecule has 0 aliphatic carbocycles. The van der Waals surface area contributed by atoms with Gasteiger partial charge in [-0.2, -0.15) is 0 Å². The Labute approximate surface area is 82.9 Å². The molecule has 0 aromatic rings. The largest absolute Gasteiger partial charge is 0.480 e. The van der Waals surface area contributed by atoms with Crippen LogP contribution in [0.3, 0.4) is 0 Å². The molecule has 84 valence electrons. The smallest absolute Gasteiger partial charge is 0.320 e. The Bertz CT molecular complexity index is 192. The molecule has 0 saturated heterocycles. The molecule has 6 heteroatoms. The van der Waals surface area contributed by atoms with Gasteiger partial charge in [0.05, 0.1) is 0 Å². The van der Waals surface area contributed by atoms with Gasteiger partial charge >= 0.3 is 11.9 Å². The molecule has 6 nitrogen and oxygen atoms in total. The maximum absolute atomic E-state index is 10.0. The summed E-state index contributed by atoms with van der Waals surface area (Å²) >= 11 is 0. The molecule has 0 amide bonds. The van der Waals surface area contributed by atoms with Gasteiger partial charge in [0.15, 0.2) is 0 Å². The van der Waals surface area contributed by atoms with Crippen molar-refractivity contribution < 1.29 is 19.8 Å². The van der Waals surface area contributed by atoms with E-state index in [2.05, 4.69) is 0 Å². The van der Waals surface area contributed by atoms with Gasteiger partial charge in [-0.3, -0.25) is 9.59 Å². The lowest BCUT2D eigenvalue weighted by atomic mass is 10.1. The van der Waals surface area contributed by atoms with Crippen molar-refractivity contribution in [2.75, 3.05) is 0 Å². The lowest BCUT2D eigenvalue weighted by molar-refractivity contribution is -0.140. The minimum atomic E-state index is -0.963. The van der Waals surface area contributed by atoms with E-state index in [-0.39, 0.29) is 5.92 Å². The van der Waals surface area contributed by atoms with Crippen LogP contribution in [0.25, 0.3) is 0 Å². The first-order valence-electron chi connectivity index (χ1n) is 4.16. The molecule has 0 saturated carbocycles. The molecule has 0 spiro atoms. The summed E-state index contributed by atoms with van der Waals surface area (Å²) in [6.07, 6.45) is 0. The molecule has 0 aliphatic heterocycles. The summed E-state index contributed by atoms with van der Waals surface area (Å²) in [5.74, 6) is -1.87. The Morgan fingerprint density at radius 1 is 1.00 bits per heavy atom. The van der Waals surface area contributed by atoms with Gasteiger partial charge < -0.3 is 21.7 Å². The van der Waals surface area contributed by atoms with E-state index < -0.39 is 24.0 Å². The molecule has 0 radical (unpaired) electrons. The van der Waals surface area contributed by atoms with Gasteiger partial charge in [0.2, 0.25) is 0 Å². The number of carboxylic acid groups (broad SMARTS) is 2. The van der Waals surface area contributed by atoms with Crippen molar-refractivity contribution in [2.24, 2.45) is 17.4 Å². The van der Waals surface area contributed by atoms with Gasteiger partial charge in [0.25, 0.3) is 0 Å². The molecule has 0 aromatic carbocycles. The Hall–Kier alpha value is -1.14. The van der Waals surface area contributed by atoms with Crippen LogP contribution < -0.4 is 11.5 Å². The molecular formula is C8H18N2O4. The third kappa shape index (κ3) is 8.95. The van der Waals surface area contributed by atoms with Crippen LogP contribution in [0, 0.1) is 5.92 Å². The van der Waals surface area contributed by atoms with Crippen LogP contribution in [0.5, 0.6) is 0 Å². The van der Waals surface area contributed by atoms with Crippen LogP contribution in [-0.2, 0) is 9.59 Å². The maximum atomic E-state index is 10.0. The van der Waals surface area contributed by atoms with Crippen molar-refractivity contribution in [2.45, 2.75) is 32.9 Å². The van der Waals surface area contributed by atoms with E-state index in [0.29, 0.717) is 0 Å². The fourth-order valence-electron chi connectivity index (χ4n) is 0.285. The van der Waals surface area contributed by atoms with E-state index in [1.807, 2.05) is 0 Å². The van der Waals surface area contributed by atoms with Crippen molar-refractivity contribution in [1.29, 1.82) is 0 Å². The zero-order chi connectivity index (χ0) is 11.9. The summed E-state index contributed by atoms with van der Waals surface area (Å²) in [7, 11) is 0. The van der Waals surface area contributed by atoms with E-state index in [1.54, 1.807) is 13.8 Å². The first-order valence-corrected chi connectivity index (χ1v) is 4.16. The predicted octanol–water partition coefficient (Wildman–Crippen LogP) is -0.527. The minimum absolute atomic E-state index is 0.0208. The van der Waals surface area contributed by atoms with Crippen molar-refractivity contribution in [3.8, 4) is 0 Å². The van der Waals surface area contributed by atoms with Gasteiger partial charge in [0, 0.05) is 0 Å². The van der Waals surface area contributed by atoms with E-state index in [9.17, 15) is 9.59 Å². The monoisotopic (exact) mass is 206 g/mol. The Balaban J connectivity index is 0. The average Bonchev–Trinajstić information content (AvgIpc) is 2.03. The Kier molecular flexibility index (Phi) is 7.98. The second-order valence-electron chi connectivity index (χ2n) is 3.23. The normalized spacial score (nSPS) is 13.9. The highest BCUT2D eigenvalue weighted by Crippen LogP contribution is 1.96. The number of carbonyl (C=O) groups is 2. The van der Waals surface area contributed by atoms with Crippen LogP contribution in [0.15, 0.2) is 0 Å². The van der Waals surface area contributed by atoms with Gasteiger partial charge in [-0.1, -0.05) is 13.8 Å². The van der Waals surface area contributed by atoms with Crippen molar-refractivity contribution in [3.63, 3.8) is 0 Å². The van der Waals surface area contributed by atoms with Crippen LogP contribution in [-0.4, -0.2) is 34.2 Å². The number of hydrogen-bond donors (Lipinski definition) is 4. The van der Waals surface area contributed by atoms with Gasteiger partial charge in [0.1, 0.15) is 12.1 Å². The fourth-order valence-corrected chi connectivity index (χ4v) is 0.285. The number of carboxylic acids is 2. The van der Waals surface area contributed by atoms with E-state index in [4.69, 9.17) is 21.7 Å². The van der Waals surface area contributed by atoms with E-state index in [0.717, 1.165) is 0 Å². The van der Waals surface area contributed by atoms with Crippen LogP contribution in [0.4, 0.5) is 0 Å². The molecule has 0 bridgehead atoms. The third-order valence-electron chi connectivity index (χ3n) is 1.39. The standard InChI is InChI=1S/C5H11NO2.C3H7NO2/c1-3(2)4(6)5(7)8;1-2(4)3(5)6/h3-4H,6H2,1-2H3,(H,7,8);2H,4H2,1H3,(H,5,6)/t4-;2-/m01/s1. The zero-order valence-corrected chi connectivity index (χ0v) is 8.60. The topological polar surface area (TPSA) is 127 Å². The molecule has 0 fully saturated rings. The lowest BCUT2D eigenvalue weighted by Crippen LogP contribution is -2.34. The van der Waals surface area contributed by atoms with Crippen molar-refractivity contribution in [3.05, 3.63) is 0 Å². The number of aliphatic carboxylic acids is 2. The van der Waals surface area contributed by atoms with E-state index >= 15 is 0 Å². The second-order valence-corrected chi connectivity index (χ2v) is 3.23. The molecule has 0 heterocycles. The highest BCUT2D eigenvalue weighted by Gasteiger charge is 2.14. The first kappa shape index (κ1) is 15.3. The summed E-state index contributed by atoms with van der Waals surface area (Å²) in [6, 6.07) is -1.44. The average molecular weight is 206 g/mol. The van der Waals surface area contributed by atoms with Crippen LogP contribution >= 0.6 is 0 Å². The van der Waals surface area contributed by atoms with E-state index in [1.165, 1.54) is 6.92 Å². The van der Waals surface area contributed by atoms with Gasteiger partial charge in [-0.05, 0) is 12.8 Å². The molecule has 0 rings (SSSR count). The lowest BCUT2D eigenvalue weighted by Gasteiger charge is -2.07. The molecule has 6 N–H and O–H groups in total. The third-order valence-corrected chi connectivity index (χ3v) is 1.39. The van der Waals surface area contributed by atoms with Crippen LogP contribution in [0.1, 0.15) is 20.8 Å². The highest BCUT2D eigenvalue weighted by molar-refractivity contribution is 5.73. The molecule has 0 aromatic heterocycles. The maximum Gasteiger partial charge on any atom is 0.320 e. The predicted molar refractivity (Wildman–Crippen MR) is 51.7 cm³/mol. The summed E-state index contributed by atoms with van der Waals surface area (Å²) in [5, 5.41) is 16.1. The SMILES string of the molecule is CC(C)[C@H](N)C(=O)O.C[C@@H](N)C(=O)O. The summed E-state index contributed by atoms with van der Waals surface area (Å²) in [4.78, 5) is 19.6. The Morgan fingerprint density at radius 3 is 1.29 bits per heavy atom. The van der Waals surface area contributed by atoms with Crippen molar-refractivity contribution in [1.82, 2.24) is 0 Å². The molecule has 2 atom stereocenters. The summed E-state index contributed by atoms with van der Waals surface area (Å²) < 4.78 is 0. The fraction of sp³-hybridized carbons (Fsp3) is 0.750. The number of rotatable bonds is 3.